The fourth-order valence-corrected chi connectivity index (χ4v) is 5.24. The Balaban J connectivity index is 1.42. The Morgan fingerprint density at radius 3 is 2.47 bits per heavy atom. The van der Waals surface area contributed by atoms with Crippen molar-refractivity contribution >= 4 is 10.2 Å². The molecule has 0 aliphatic carbocycles. The Morgan fingerprint density at radius 1 is 1.06 bits per heavy atom. The molecule has 1 fully saturated rings. The normalized spacial score (nSPS) is 16.7. The Bertz CT molecular complexity index is 1160. The van der Waals surface area contributed by atoms with Crippen molar-refractivity contribution in [3.63, 3.8) is 0 Å². The molecule has 9 heteroatoms. The third-order valence-electron chi connectivity index (χ3n) is 6.30. The van der Waals surface area contributed by atoms with Crippen LogP contribution in [0.1, 0.15) is 25.0 Å². The van der Waals surface area contributed by atoms with Gasteiger partial charge in [-0.1, -0.05) is 30.3 Å². The first-order chi connectivity index (χ1) is 16.4. The summed E-state index contributed by atoms with van der Waals surface area (Å²) < 4.78 is 35.5. The van der Waals surface area contributed by atoms with Gasteiger partial charge in [-0.2, -0.15) is 8.42 Å². The lowest BCUT2D eigenvalue weighted by Crippen LogP contribution is -2.39. The van der Waals surface area contributed by atoms with Gasteiger partial charge in [0, 0.05) is 36.7 Å². The van der Waals surface area contributed by atoms with Crippen LogP contribution in [0.5, 0.6) is 5.75 Å². The number of H-pyrrole nitrogens is 1. The lowest BCUT2D eigenvalue weighted by molar-refractivity contribution is 0.297. The number of hydrogen-bond acceptors (Lipinski definition) is 5. The smallest absolute Gasteiger partial charge is 0.276 e. The number of hydrogen-bond donors (Lipinski definition) is 3. The molecule has 3 N–H and O–H groups in total. The summed E-state index contributed by atoms with van der Waals surface area (Å²) >= 11 is 0. The summed E-state index contributed by atoms with van der Waals surface area (Å²) in [6.45, 7) is 1.77. The molecule has 1 unspecified atom stereocenters. The maximum absolute atomic E-state index is 12.5. The molecule has 34 heavy (non-hydrogen) atoms. The second-order valence-electron chi connectivity index (χ2n) is 8.61. The molecule has 1 saturated heterocycles. The maximum atomic E-state index is 12.5. The molecule has 0 spiro atoms. The van der Waals surface area contributed by atoms with Gasteiger partial charge in [-0.25, -0.2) is 14.4 Å². The molecule has 0 radical (unpaired) electrons. The van der Waals surface area contributed by atoms with Crippen molar-refractivity contribution in [3.8, 4) is 28.4 Å². The van der Waals surface area contributed by atoms with Crippen LogP contribution in [-0.2, 0) is 16.6 Å². The van der Waals surface area contributed by atoms with E-state index in [0.717, 1.165) is 53.5 Å². The third kappa shape index (κ3) is 6.24. The van der Waals surface area contributed by atoms with E-state index in [4.69, 9.17) is 9.72 Å². The first-order valence-electron chi connectivity index (χ1n) is 11.7. The van der Waals surface area contributed by atoms with E-state index >= 15 is 0 Å². The highest BCUT2D eigenvalue weighted by atomic mass is 32.2. The van der Waals surface area contributed by atoms with Crippen LogP contribution in [0, 0.1) is 0 Å². The van der Waals surface area contributed by atoms with Crippen molar-refractivity contribution < 1.29 is 13.2 Å². The van der Waals surface area contributed by atoms with Gasteiger partial charge in [0.05, 0.1) is 18.5 Å². The fourth-order valence-electron chi connectivity index (χ4n) is 4.38. The Morgan fingerprint density at radius 2 is 1.79 bits per heavy atom. The predicted molar refractivity (Wildman–Crippen MR) is 135 cm³/mol. The topological polar surface area (TPSA) is 99.3 Å². The number of likely N-dealkylation sites (tertiary alicyclic amines) is 1. The minimum atomic E-state index is -3.57. The monoisotopic (exact) mass is 483 g/mol. The van der Waals surface area contributed by atoms with Gasteiger partial charge in [-0.15, -0.1) is 0 Å². The van der Waals surface area contributed by atoms with E-state index in [1.807, 2.05) is 54.6 Å². The summed E-state index contributed by atoms with van der Waals surface area (Å²) in [5, 5.41) is 0. The largest absolute Gasteiger partial charge is 0.497 e. The van der Waals surface area contributed by atoms with Crippen molar-refractivity contribution in [1.82, 2.24) is 24.3 Å². The second kappa shape index (κ2) is 11.1. The van der Waals surface area contributed by atoms with Crippen LogP contribution in [0.25, 0.3) is 22.6 Å². The summed E-state index contributed by atoms with van der Waals surface area (Å²) in [6, 6.07) is 18.1. The number of ether oxygens (including phenoxy) is 1. The lowest BCUT2D eigenvalue weighted by atomic mass is 10.1. The van der Waals surface area contributed by atoms with Crippen molar-refractivity contribution in [2.24, 2.45) is 0 Å². The minimum Gasteiger partial charge on any atom is -0.497 e. The average Bonchev–Trinajstić information content (AvgIpc) is 3.46. The molecule has 1 atom stereocenters. The van der Waals surface area contributed by atoms with Gasteiger partial charge < -0.3 is 14.6 Å². The molecule has 2 heterocycles. The summed E-state index contributed by atoms with van der Waals surface area (Å²) in [5.41, 5.74) is 3.62. The quantitative estimate of drug-likeness (QED) is 0.389. The van der Waals surface area contributed by atoms with Crippen LogP contribution in [0.4, 0.5) is 0 Å². The summed E-state index contributed by atoms with van der Waals surface area (Å²) in [6.07, 6.45) is 3.58. The maximum Gasteiger partial charge on any atom is 0.276 e. The highest BCUT2D eigenvalue weighted by Gasteiger charge is 2.21. The van der Waals surface area contributed by atoms with E-state index in [9.17, 15) is 8.42 Å². The van der Waals surface area contributed by atoms with Crippen molar-refractivity contribution in [3.05, 3.63) is 60.3 Å². The first-order valence-corrected chi connectivity index (χ1v) is 13.2. The summed E-state index contributed by atoms with van der Waals surface area (Å²) in [4.78, 5) is 10.5. The highest BCUT2D eigenvalue weighted by molar-refractivity contribution is 7.87. The molecule has 1 aliphatic rings. The van der Waals surface area contributed by atoms with E-state index in [0.29, 0.717) is 19.0 Å². The van der Waals surface area contributed by atoms with Crippen LogP contribution < -0.4 is 14.2 Å². The van der Waals surface area contributed by atoms with E-state index in [2.05, 4.69) is 26.4 Å². The number of aromatic nitrogens is 2. The standard InChI is InChI=1S/C25H33N5O3S/c1-30-18-6-9-21(30)14-16-26-34(31,32)27-17-15-23-24(19-10-12-22(33-2)13-11-19)29-25(28-23)20-7-4-3-5-8-20/h3-5,7-8,10-13,21,26-27H,6,9,14-18H2,1-2H3,(H,28,29). The molecular formula is C25H33N5O3S. The number of rotatable bonds is 11. The zero-order valence-corrected chi connectivity index (χ0v) is 20.6. The van der Waals surface area contributed by atoms with Crippen LogP contribution in [0.3, 0.4) is 0 Å². The molecule has 1 aromatic heterocycles. The van der Waals surface area contributed by atoms with Gasteiger partial charge in [0.2, 0.25) is 0 Å². The van der Waals surface area contributed by atoms with Gasteiger partial charge in [0.15, 0.2) is 0 Å². The number of nitrogens with one attached hydrogen (secondary N) is 3. The number of nitrogens with zero attached hydrogens (tertiary/aromatic N) is 2. The number of imidazole rings is 1. The van der Waals surface area contributed by atoms with Crippen LogP contribution in [0.2, 0.25) is 0 Å². The fraction of sp³-hybridized carbons (Fsp3) is 0.400. The molecule has 8 nitrogen and oxygen atoms in total. The molecular weight excluding hydrogens is 450 g/mol. The Hall–Kier alpha value is -2.72. The van der Waals surface area contributed by atoms with Crippen molar-refractivity contribution in [2.75, 3.05) is 33.8 Å². The molecule has 0 amide bonds. The number of methoxy groups -OCH3 is 1. The van der Waals surface area contributed by atoms with Gasteiger partial charge in [0.25, 0.3) is 10.2 Å². The minimum absolute atomic E-state index is 0.251. The predicted octanol–water partition coefficient (Wildman–Crippen LogP) is 3.20. The molecule has 1 aliphatic heterocycles. The highest BCUT2D eigenvalue weighted by Crippen LogP contribution is 2.28. The van der Waals surface area contributed by atoms with Gasteiger partial charge in [-0.3, -0.25) is 0 Å². The zero-order valence-electron chi connectivity index (χ0n) is 19.8. The zero-order chi connectivity index (χ0) is 24.0. The Kier molecular flexibility index (Phi) is 7.99. The van der Waals surface area contributed by atoms with Crippen LogP contribution in [-0.4, -0.2) is 63.1 Å². The van der Waals surface area contributed by atoms with Crippen molar-refractivity contribution in [2.45, 2.75) is 31.7 Å². The average molecular weight is 484 g/mol. The number of benzene rings is 2. The second-order valence-corrected chi connectivity index (χ2v) is 10.2. The van der Waals surface area contributed by atoms with Gasteiger partial charge in [-0.05, 0) is 57.1 Å². The Labute approximate surface area is 201 Å². The first kappa shape index (κ1) is 24.4. The van der Waals surface area contributed by atoms with E-state index in [1.165, 1.54) is 6.42 Å². The van der Waals surface area contributed by atoms with E-state index < -0.39 is 10.2 Å². The van der Waals surface area contributed by atoms with Crippen LogP contribution in [0.15, 0.2) is 54.6 Å². The lowest BCUT2D eigenvalue weighted by Gasteiger charge is -2.19. The van der Waals surface area contributed by atoms with Crippen molar-refractivity contribution in [1.29, 1.82) is 0 Å². The molecule has 0 bridgehead atoms. The molecule has 0 saturated carbocycles. The van der Waals surface area contributed by atoms with E-state index in [-0.39, 0.29) is 6.54 Å². The molecule has 182 valence electrons. The SMILES string of the molecule is COc1ccc(-c2[nH]c(-c3ccccc3)nc2CCNS(=O)(=O)NCCC2CCCN2C)cc1. The van der Waals surface area contributed by atoms with Crippen LogP contribution >= 0.6 is 0 Å². The van der Waals surface area contributed by atoms with Gasteiger partial charge in [0.1, 0.15) is 11.6 Å². The van der Waals surface area contributed by atoms with E-state index in [1.54, 1.807) is 7.11 Å². The number of aromatic amines is 1. The third-order valence-corrected chi connectivity index (χ3v) is 7.47. The summed E-state index contributed by atoms with van der Waals surface area (Å²) in [5.74, 6) is 1.53. The molecule has 4 rings (SSSR count). The molecule has 2 aromatic carbocycles. The summed E-state index contributed by atoms with van der Waals surface area (Å²) in [7, 11) is 0.165. The van der Waals surface area contributed by atoms with Gasteiger partial charge >= 0.3 is 0 Å². The molecule has 3 aromatic rings.